The van der Waals surface area contributed by atoms with Crippen LogP contribution in [0.5, 0.6) is 0 Å². The second-order valence-corrected chi connectivity index (χ2v) is 9.16. The molecule has 0 saturated heterocycles. The van der Waals surface area contributed by atoms with Crippen molar-refractivity contribution < 1.29 is 18.7 Å². The van der Waals surface area contributed by atoms with Crippen molar-refractivity contribution in [2.45, 2.75) is 52.3 Å². The largest absolute Gasteiger partial charge is 0.444 e. The first-order valence-corrected chi connectivity index (χ1v) is 10.5. The first-order valence-electron chi connectivity index (χ1n) is 10.5. The Morgan fingerprint density at radius 3 is 2.48 bits per heavy atom. The van der Waals surface area contributed by atoms with Crippen LogP contribution in [-0.2, 0) is 11.3 Å². The molecule has 5 nitrogen and oxygen atoms in total. The third-order valence-electron chi connectivity index (χ3n) is 5.64. The van der Waals surface area contributed by atoms with Crippen LogP contribution in [0.3, 0.4) is 0 Å². The number of amides is 2. The van der Waals surface area contributed by atoms with Gasteiger partial charge in [0.2, 0.25) is 0 Å². The molecule has 2 aromatic rings. The van der Waals surface area contributed by atoms with Gasteiger partial charge >= 0.3 is 6.09 Å². The van der Waals surface area contributed by atoms with Crippen LogP contribution < -0.4 is 5.32 Å². The summed E-state index contributed by atoms with van der Waals surface area (Å²) < 4.78 is 19.0. The monoisotopic (exact) mass is 422 g/mol. The Labute approximate surface area is 181 Å². The fourth-order valence-corrected chi connectivity index (χ4v) is 4.10. The molecule has 2 aromatic carbocycles. The normalized spacial score (nSPS) is 18.4. The van der Waals surface area contributed by atoms with Gasteiger partial charge in [-0.25, -0.2) is 9.18 Å². The third kappa shape index (κ3) is 4.33. The first-order chi connectivity index (χ1) is 14.6. The number of carbonyl (C=O) groups excluding carboxylic acids is 2. The zero-order valence-corrected chi connectivity index (χ0v) is 18.3. The quantitative estimate of drug-likeness (QED) is 0.728. The van der Waals surface area contributed by atoms with Gasteiger partial charge in [0.25, 0.3) is 5.91 Å². The van der Waals surface area contributed by atoms with Crippen molar-refractivity contribution in [1.29, 1.82) is 0 Å². The van der Waals surface area contributed by atoms with Crippen molar-refractivity contribution in [3.63, 3.8) is 0 Å². The minimum Gasteiger partial charge on any atom is -0.444 e. The molecule has 0 bridgehead atoms. The van der Waals surface area contributed by atoms with Gasteiger partial charge in [-0.2, -0.15) is 0 Å². The Bertz CT molecular complexity index is 1070. The summed E-state index contributed by atoms with van der Waals surface area (Å²) in [6.45, 7) is 8.52. The zero-order chi connectivity index (χ0) is 22.3. The standard InChI is InChI=1S/C25H27FN2O3/c1-15-11-17(9-10-28(15)24(30)31-25(2,3)4)20-12-18-14-27-23(29)22(18)13-21(20)16-5-7-19(26)8-6-16/h5-9,12-13,15H,10-11,14H2,1-4H3,(H,27,29). The Morgan fingerprint density at radius 2 is 1.84 bits per heavy atom. The summed E-state index contributed by atoms with van der Waals surface area (Å²) in [5.74, 6) is -0.394. The van der Waals surface area contributed by atoms with E-state index in [1.165, 1.54) is 12.1 Å². The number of hydrogen-bond acceptors (Lipinski definition) is 3. The topological polar surface area (TPSA) is 58.6 Å². The van der Waals surface area contributed by atoms with Gasteiger partial charge in [0.05, 0.1) is 0 Å². The van der Waals surface area contributed by atoms with Crippen LogP contribution in [0.2, 0.25) is 0 Å². The highest BCUT2D eigenvalue weighted by Gasteiger charge is 2.30. The number of benzene rings is 2. The fourth-order valence-electron chi connectivity index (χ4n) is 4.10. The molecule has 2 amide bonds. The summed E-state index contributed by atoms with van der Waals surface area (Å²) in [5.41, 5.74) is 4.92. The molecule has 1 atom stereocenters. The van der Waals surface area contributed by atoms with Crippen molar-refractivity contribution in [1.82, 2.24) is 10.2 Å². The minimum atomic E-state index is -0.546. The molecule has 6 heteroatoms. The van der Waals surface area contributed by atoms with Crippen LogP contribution in [0.4, 0.5) is 9.18 Å². The Morgan fingerprint density at radius 1 is 1.13 bits per heavy atom. The predicted octanol–water partition coefficient (Wildman–Crippen LogP) is 5.15. The van der Waals surface area contributed by atoms with Crippen molar-refractivity contribution in [2.75, 3.05) is 6.54 Å². The van der Waals surface area contributed by atoms with E-state index in [2.05, 4.69) is 5.32 Å². The average molecular weight is 423 g/mol. The molecule has 1 unspecified atom stereocenters. The average Bonchev–Trinajstić information content (AvgIpc) is 3.06. The molecule has 2 heterocycles. The van der Waals surface area contributed by atoms with E-state index < -0.39 is 5.60 Å². The number of hydrogen-bond donors (Lipinski definition) is 1. The summed E-state index contributed by atoms with van der Waals surface area (Å²) in [4.78, 5) is 26.5. The SMILES string of the molecule is CC1CC(c2cc3c(cc2-c2ccc(F)cc2)C(=O)NC3)=CCN1C(=O)OC(C)(C)C. The second kappa shape index (κ2) is 7.84. The molecule has 0 saturated carbocycles. The van der Waals surface area contributed by atoms with E-state index in [0.29, 0.717) is 25.1 Å². The highest BCUT2D eigenvalue weighted by atomic mass is 19.1. The molecule has 2 aliphatic heterocycles. The number of rotatable bonds is 2. The number of ether oxygens (including phenoxy) is 1. The van der Waals surface area contributed by atoms with E-state index >= 15 is 0 Å². The van der Waals surface area contributed by atoms with Gasteiger partial charge in [-0.15, -0.1) is 0 Å². The maximum atomic E-state index is 13.5. The Kier molecular flexibility index (Phi) is 5.33. The van der Waals surface area contributed by atoms with E-state index in [1.54, 1.807) is 17.0 Å². The molecular weight excluding hydrogens is 395 g/mol. The van der Waals surface area contributed by atoms with Crippen LogP contribution >= 0.6 is 0 Å². The summed E-state index contributed by atoms with van der Waals surface area (Å²) in [6, 6.07) is 10.2. The van der Waals surface area contributed by atoms with Crippen LogP contribution in [0, 0.1) is 5.82 Å². The van der Waals surface area contributed by atoms with E-state index in [4.69, 9.17) is 4.74 Å². The summed E-state index contributed by atoms with van der Waals surface area (Å²) in [5, 5.41) is 2.87. The molecule has 31 heavy (non-hydrogen) atoms. The predicted molar refractivity (Wildman–Crippen MR) is 118 cm³/mol. The fraction of sp³-hybridized carbons (Fsp3) is 0.360. The zero-order valence-electron chi connectivity index (χ0n) is 18.3. The molecule has 162 valence electrons. The van der Waals surface area contributed by atoms with Gasteiger partial charge in [-0.05, 0) is 86.2 Å². The van der Waals surface area contributed by atoms with E-state index in [-0.39, 0.29) is 23.9 Å². The maximum absolute atomic E-state index is 13.5. The van der Waals surface area contributed by atoms with Crippen LogP contribution in [0.15, 0.2) is 42.5 Å². The summed E-state index contributed by atoms with van der Waals surface area (Å²) in [7, 11) is 0. The highest BCUT2D eigenvalue weighted by molar-refractivity contribution is 6.01. The van der Waals surface area contributed by atoms with Crippen molar-refractivity contribution in [3.05, 3.63) is 65.0 Å². The van der Waals surface area contributed by atoms with Crippen molar-refractivity contribution in [2.24, 2.45) is 0 Å². The van der Waals surface area contributed by atoms with Gasteiger partial charge in [0, 0.05) is 24.7 Å². The van der Waals surface area contributed by atoms with Gasteiger partial charge < -0.3 is 15.0 Å². The molecule has 0 aliphatic carbocycles. The smallest absolute Gasteiger partial charge is 0.410 e. The van der Waals surface area contributed by atoms with Crippen LogP contribution in [-0.4, -0.2) is 35.1 Å². The lowest BCUT2D eigenvalue weighted by Crippen LogP contribution is -2.44. The second-order valence-electron chi connectivity index (χ2n) is 9.16. The molecule has 0 spiro atoms. The number of carbonyl (C=O) groups is 2. The van der Waals surface area contributed by atoms with Crippen LogP contribution in [0.1, 0.15) is 55.6 Å². The van der Waals surface area contributed by atoms with E-state index in [0.717, 1.165) is 27.8 Å². The minimum absolute atomic E-state index is 0.0380. The van der Waals surface area contributed by atoms with Gasteiger partial charge in [0.15, 0.2) is 0 Å². The number of fused-ring (bicyclic) bond motifs is 1. The third-order valence-corrected chi connectivity index (χ3v) is 5.64. The van der Waals surface area contributed by atoms with Gasteiger partial charge in [-0.3, -0.25) is 4.79 Å². The van der Waals surface area contributed by atoms with E-state index in [9.17, 15) is 14.0 Å². The lowest BCUT2D eigenvalue weighted by atomic mass is 9.86. The molecule has 0 radical (unpaired) electrons. The van der Waals surface area contributed by atoms with Crippen LogP contribution in [0.25, 0.3) is 16.7 Å². The van der Waals surface area contributed by atoms with Gasteiger partial charge in [-0.1, -0.05) is 18.2 Å². The highest BCUT2D eigenvalue weighted by Crippen LogP contribution is 2.37. The molecule has 4 rings (SSSR count). The summed E-state index contributed by atoms with van der Waals surface area (Å²) in [6.07, 6.45) is 2.38. The lowest BCUT2D eigenvalue weighted by molar-refractivity contribution is 0.0198. The first kappa shape index (κ1) is 21.1. The number of nitrogens with zero attached hydrogens (tertiary/aromatic N) is 1. The molecule has 0 aromatic heterocycles. The lowest BCUT2D eigenvalue weighted by Gasteiger charge is -2.35. The van der Waals surface area contributed by atoms with Crippen molar-refractivity contribution in [3.8, 4) is 11.1 Å². The number of nitrogens with one attached hydrogen (secondary N) is 1. The number of halogens is 1. The van der Waals surface area contributed by atoms with Crippen molar-refractivity contribution >= 4 is 17.6 Å². The Hall–Kier alpha value is -3.15. The molecule has 2 aliphatic rings. The maximum Gasteiger partial charge on any atom is 0.410 e. The molecular formula is C25H27FN2O3. The summed E-state index contributed by atoms with van der Waals surface area (Å²) >= 11 is 0. The molecule has 1 N–H and O–H groups in total. The van der Waals surface area contributed by atoms with Gasteiger partial charge in [0.1, 0.15) is 11.4 Å². The Balaban J connectivity index is 1.72. The van der Waals surface area contributed by atoms with E-state index in [1.807, 2.05) is 45.9 Å². The molecule has 0 fully saturated rings.